The molecule has 2 heterocycles. The van der Waals surface area contributed by atoms with Crippen molar-refractivity contribution in [3.63, 3.8) is 0 Å². The average molecular weight is 343 g/mol. The van der Waals surface area contributed by atoms with Crippen LogP contribution in [0.4, 0.5) is 4.39 Å². The van der Waals surface area contributed by atoms with E-state index in [1.165, 1.54) is 6.08 Å². The molecular weight excluding hydrogens is 320 g/mol. The molecule has 1 saturated heterocycles. The Balaban J connectivity index is 1.84. The minimum absolute atomic E-state index is 0.410. The molecule has 1 aromatic carbocycles. The van der Waals surface area contributed by atoms with Crippen molar-refractivity contribution in [2.45, 2.75) is 52.7 Å². The second kappa shape index (κ2) is 6.07. The molecule has 1 aliphatic heterocycles. The van der Waals surface area contributed by atoms with Gasteiger partial charge in [-0.25, -0.2) is 9.07 Å². The number of nitrogens with zero attached hydrogens (tertiary/aromatic N) is 3. The highest BCUT2D eigenvalue weighted by molar-refractivity contribution is 6.54. The molecule has 7 heteroatoms. The summed E-state index contributed by atoms with van der Waals surface area (Å²) in [7, 11) is -1.03. The fourth-order valence-corrected chi connectivity index (χ4v) is 2.59. The third-order valence-electron chi connectivity index (χ3n) is 4.89. The number of halogens is 1. The molecule has 0 unspecified atom stereocenters. The lowest BCUT2D eigenvalue weighted by Gasteiger charge is -2.32. The summed E-state index contributed by atoms with van der Waals surface area (Å²) >= 11 is 0. The lowest BCUT2D eigenvalue weighted by atomic mass is 9.87. The van der Waals surface area contributed by atoms with Crippen molar-refractivity contribution in [2.75, 3.05) is 0 Å². The summed E-state index contributed by atoms with van der Waals surface area (Å²) in [6.07, 6.45) is 2.99. The Kier molecular flexibility index (Phi) is 4.33. The van der Waals surface area contributed by atoms with Crippen LogP contribution < -0.4 is 0 Å². The summed E-state index contributed by atoms with van der Waals surface area (Å²) < 4.78 is 27.6. The van der Waals surface area contributed by atoms with E-state index in [2.05, 4.69) is 10.3 Å². The first-order valence-corrected chi connectivity index (χ1v) is 8.32. The number of aromatic nitrogens is 3. The van der Waals surface area contributed by atoms with Crippen LogP contribution in [0.1, 0.15) is 44.5 Å². The molecule has 5 nitrogen and oxygen atoms in total. The predicted molar refractivity (Wildman–Crippen MR) is 96.0 cm³/mol. The van der Waals surface area contributed by atoms with Gasteiger partial charge < -0.3 is 9.31 Å². The second-order valence-corrected chi connectivity index (χ2v) is 7.50. The Bertz CT molecular complexity index is 813. The maximum atomic E-state index is 14.6. The van der Waals surface area contributed by atoms with Crippen molar-refractivity contribution < 1.29 is 13.7 Å². The fraction of sp³-hybridized carbons (Fsp3) is 0.444. The standard InChI is InChI=1S/C18H23BFN3O2/c1-12-7-8-13(2)15(9-12)23-11-14(21-22-23)10-16(20)19-24-17(3,4)18(5,6)25-19/h7-11H,1-6H3. The molecule has 0 aliphatic carbocycles. The van der Waals surface area contributed by atoms with Gasteiger partial charge in [0.1, 0.15) is 11.4 Å². The van der Waals surface area contributed by atoms with Gasteiger partial charge in [-0.1, -0.05) is 17.3 Å². The van der Waals surface area contributed by atoms with E-state index in [0.29, 0.717) is 5.69 Å². The van der Waals surface area contributed by atoms with Gasteiger partial charge in [0, 0.05) is 0 Å². The van der Waals surface area contributed by atoms with Gasteiger partial charge in [-0.05, 0) is 64.8 Å². The Labute approximate surface area is 148 Å². The summed E-state index contributed by atoms with van der Waals surface area (Å²) in [6, 6.07) is 6.07. The van der Waals surface area contributed by atoms with Gasteiger partial charge in [0.15, 0.2) is 0 Å². The van der Waals surface area contributed by atoms with Crippen molar-refractivity contribution in [1.82, 2.24) is 15.0 Å². The largest absolute Gasteiger partial charge is 0.525 e. The molecule has 2 aromatic rings. The van der Waals surface area contributed by atoms with Gasteiger partial charge >= 0.3 is 7.12 Å². The second-order valence-electron chi connectivity index (χ2n) is 7.50. The smallest absolute Gasteiger partial charge is 0.398 e. The highest BCUT2D eigenvalue weighted by Gasteiger charge is 2.53. The summed E-state index contributed by atoms with van der Waals surface area (Å²) in [5, 5.41) is 8.13. The monoisotopic (exact) mass is 343 g/mol. The molecule has 0 N–H and O–H groups in total. The molecule has 132 valence electrons. The minimum Gasteiger partial charge on any atom is -0.398 e. The molecule has 0 saturated carbocycles. The van der Waals surface area contributed by atoms with Crippen LogP contribution in [0.5, 0.6) is 0 Å². The summed E-state index contributed by atoms with van der Waals surface area (Å²) in [6.45, 7) is 11.6. The first-order chi connectivity index (χ1) is 11.6. The fourth-order valence-electron chi connectivity index (χ4n) is 2.59. The third kappa shape index (κ3) is 3.39. The third-order valence-corrected chi connectivity index (χ3v) is 4.89. The van der Waals surface area contributed by atoms with Crippen molar-refractivity contribution in [3.05, 3.63) is 46.9 Å². The first-order valence-electron chi connectivity index (χ1n) is 8.32. The van der Waals surface area contributed by atoms with Gasteiger partial charge in [-0.3, -0.25) is 0 Å². The van der Waals surface area contributed by atoms with Crippen LogP contribution in [0, 0.1) is 13.8 Å². The van der Waals surface area contributed by atoms with Gasteiger partial charge in [0.25, 0.3) is 0 Å². The maximum Gasteiger partial charge on any atom is 0.525 e. The molecule has 1 aliphatic rings. The maximum absolute atomic E-state index is 14.6. The lowest BCUT2D eigenvalue weighted by Crippen LogP contribution is -2.41. The van der Waals surface area contributed by atoms with E-state index in [4.69, 9.17) is 9.31 Å². The van der Waals surface area contributed by atoms with Crippen LogP contribution in [0.15, 0.2) is 30.1 Å². The minimum atomic E-state index is -1.03. The van der Waals surface area contributed by atoms with E-state index in [9.17, 15) is 4.39 Å². The summed E-state index contributed by atoms with van der Waals surface area (Å²) in [5.41, 5.74) is 1.83. The topological polar surface area (TPSA) is 49.2 Å². The van der Waals surface area contributed by atoms with E-state index in [-0.39, 0.29) is 0 Å². The summed E-state index contributed by atoms with van der Waals surface area (Å²) in [5.74, 6) is 0. The Morgan fingerprint density at radius 2 is 1.80 bits per heavy atom. The number of benzene rings is 1. The highest BCUT2D eigenvalue weighted by Crippen LogP contribution is 2.39. The Morgan fingerprint density at radius 3 is 2.44 bits per heavy atom. The molecule has 0 atom stereocenters. The molecule has 0 bridgehead atoms. The van der Waals surface area contributed by atoms with Crippen LogP contribution in [0.2, 0.25) is 0 Å². The Hall–Kier alpha value is -1.99. The van der Waals surface area contributed by atoms with Gasteiger partial charge in [0.2, 0.25) is 0 Å². The zero-order valence-corrected chi connectivity index (χ0v) is 15.5. The predicted octanol–water partition coefficient (Wildman–Crippen LogP) is 3.83. The molecule has 0 spiro atoms. The first kappa shape index (κ1) is 17.8. The van der Waals surface area contributed by atoms with Crippen molar-refractivity contribution in [3.8, 4) is 5.69 Å². The van der Waals surface area contributed by atoms with Crippen LogP contribution >= 0.6 is 0 Å². The molecule has 1 aromatic heterocycles. The van der Waals surface area contributed by atoms with Crippen LogP contribution in [-0.4, -0.2) is 33.3 Å². The zero-order chi connectivity index (χ0) is 18.4. The van der Waals surface area contributed by atoms with Crippen LogP contribution in [0.25, 0.3) is 11.8 Å². The molecule has 0 radical (unpaired) electrons. The molecule has 1 fully saturated rings. The SMILES string of the molecule is Cc1ccc(C)c(-n2cc(C=C(F)B3OC(C)(C)C(C)(C)O3)nn2)c1. The van der Waals surface area contributed by atoms with Crippen molar-refractivity contribution >= 4 is 13.2 Å². The van der Waals surface area contributed by atoms with E-state index in [1.54, 1.807) is 10.9 Å². The summed E-state index contributed by atoms with van der Waals surface area (Å²) in [4.78, 5) is 0. The molecular formula is C18H23BFN3O2. The molecule has 25 heavy (non-hydrogen) atoms. The lowest BCUT2D eigenvalue weighted by molar-refractivity contribution is 0.00578. The highest BCUT2D eigenvalue weighted by atomic mass is 19.1. The van der Waals surface area contributed by atoms with E-state index >= 15 is 0 Å². The number of aryl methyl sites for hydroxylation is 2. The van der Waals surface area contributed by atoms with Gasteiger partial charge in [-0.2, -0.15) is 0 Å². The quantitative estimate of drug-likeness (QED) is 0.795. The number of hydrogen-bond acceptors (Lipinski definition) is 4. The Morgan fingerprint density at radius 1 is 1.16 bits per heavy atom. The van der Waals surface area contributed by atoms with Crippen molar-refractivity contribution in [1.29, 1.82) is 0 Å². The molecule has 3 rings (SSSR count). The van der Waals surface area contributed by atoms with Crippen molar-refractivity contribution in [2.24, 2.45) is 0 Å². The zero-order valence-electron chi connectivity index (χ0n) is 15.5. The van der Waals surface area contributed by atoms with E-state index < -0.39 is 24.0 Å². The van der Waals surface area contributed by atoms with E-state index in [1.807, 2.05) is 59.7 Å². The normalized spacial score (nSPS) is 19.5. The van der Waals surface area contributed by atoms with Gasteiger partial charge in [-0.15, -0.1) is 5.10 Å². The number of hydrogen-bond donors (Lipinski definition) is 0. The number of rotatable bonds is 3. The van der Waals surface area contributed by atoms with E-state index in [0.717, 1.165) is 16.8 Å². The van der Waals surface area contributed by atoms with Crippen LogP contribution in [-0.2, 0) is 9.31 Å². The van der Waals surface area contributed by atoms with Gasteiger partial charge in [0.05, 0.1) is 23.1 Å². The molecule has 0 amide bonds. The van der Waals surface area contributed by atoms with Crippen LogP contribution in [0.3, 0.4) is 0 Å². The average Bonchev–Trinajstić information content (AvgIpc) is 3.04.